The van der Waals surface area contributed by atoms with E-state index in [1.807, 2.05) is 0 Å². The zero-order valence-corrected chi connectivity index (χ0v) is 11.1. The van der Waals surface area contributed by atoms with Crippen molar-refractivity contribution >= 4 is 11.5 Å². The fraction of sp³-hybridized carbons (Fsp3) is 0.0769. The summed E-state index contributed by atoms with van der Waals surface area (Å²) in [6.45, 7) is 1.77. The highest BCUT2D eigenvalue weighted by Crippen LogP contribution is 2.27. The van der Waals surface area contributed by atoms with E-state index in [-0.39, 0.29) is 17.4 Å². The Bertz CT molecular complexity index is 698. The van der Waals surface area contributed by atoms with Crippen LogP contribution in [-0.4, -0.2) is 21.0 Å². The maximum atomic E-state index is 10.8. The molecule has 0 saturated carbocycles. The van der Waals surface area contributed by atoms with E-state index in [1.165, 1.54) is 24.4 Å². The van der Waals surface area contributed by atoms with E-state index in [1.54, 1.807) is 19.1 Å². The maximum Gasteiger partial charge on any atom is 0.273 e. The van der Waals surface area contributed by atoms with Crippen LogP contribution in [-0.2, 0) is 0 Å². The molecule has 0 radical (unpaired) electrons. The van der Waals surface area contributed by atoms with E-state index >= 15 is 0 Å². The molecule has 108 valence electrons. The minimum absolute atomic E-state index is 0.0659. The number of hydrogen-bond acceptors (Lipinski definition) is 6. The number of hydrogen-bond donors (Lipinski definition) is 2. The third-order valence-electron chi connectivity index (χ3n) is 2.74. The Morgan fingerprint density at radius 1 is 1.43 bits per heavy atom. The van der Waals surface area contributed by atoms with Crippen molar-refractivity contribution in [3.63, 3.8) is 0 Å². The van der Waals surface area contributed by atoms with Gasteiger partial charge in [0.2, 0.25) is 5.88 Å². The zero-order chi connectivity index (χ0) is 15.4. The van der Waals surface area contributed by atoms with Crippen LogP contribution in [0.5, 0.6) is 11.6 Å². The molecule has 1 aromatic carbocycles. The highest BCUT2D eigenvalue weighted by Gasteiger charge is 2.11. The Kier molecular flexibility index (Phi) is 3.98. The lowest BCUT2D eigenvalue weighted by molar-refractivity contribution is -0.384. The molecule has 0 fully saturated rings. The summed E-state index contributed by atoms with van der Waals surface area (Å²) in [7, 11) is 0. The molecule has 3 N–H and O–H groups in total. The number of nitro benzene ring substituents is 1. The molecule has 0 amide bonds. The van der Waals surface area contributed by atoms with Crippen LogP contribution in [0.3, 0.4) is 0 Å². The Morgan fingerprint density at radius 2 is 2.19 bits per heavy atom. The Balaban J connectivity index is 2.26. The minimum atomic E-state index is -0.499. The number of benzene rings is 1. The summed E-state index contributed by atoms with van der Waals surface area (Å²) in [5, 5.41) is 22.2. The summed E-state index contributed by atoms with van der Waals surface area (Å²) < 4.78 is 5.51. The van der Waals surface area contributed by atoms with E-state index in [9.17, 15) is 10.1 Å². The smallest absolute Gasteiger partial charge is 0.273 e. The highest BCUT2D eigenvalue weighted by molar-refractivity contribution is 5.96. The number of aryl methyl sites for hydroxylation is 1. The predicted molar refractivity (Wildman–Crippen MR) is 74.7 cm³/mol. The summed E-state index contributed by atoms with van der Waals surface area (Å²) in [5.74, 6) is 0.516. The molecular formula is C13H12N4O4. The second-order valence-electron chi connectivity index (χ2n) is 4.18. The number of non-ortho nitro benzene ring substituents is 1. The van der Waals surface area contributed by atoms with Gasteiger partial charge in [-0.05, 0) is 24.6 Å². The van der Waals surface area contributed by atoms with Crippen LogP contribution in [0.1, 0.15) is 11.1 Å². The van der Waals surface area contributed by atoms with E-state index in [4.69, 9.17) is 15.7 Å². The normalized spacial score (nSPS) is 11.2. The van der Waals surface area contributed by atoms with E-state index < -0.39 is 4.92 Å². The van der Waals surface area contributed by atoms with E-state index in [2.05, 4.69) is 10.1 Å². The summed E-state index contributed by atoms with van der Waals surface area (Å²) >= 11 is 0. The summed E-state index contributed by atoms with van der Waals surface area (Å²) in [4.78, 5) is 14.2. The molecule has 0 unspecified atom stereocenters. The molecule has 0 aliphatic rings. The Labute approximate surface area is 119 Å². The number of nitrogens with two attached hydrogens (primary N) is 1. The fourth-order valence-electron chi connectivity index (χ4n) is 1.57. The number of nitrogens with zero attached hydrogens (tertiary/aromatic N) is 3. The molecule has 2 rings (SSSR count). The summed E-state index contributed by atoms with van der Waals surface area (Å²) in [6.07, 6.45) is 1.37. The molecule has 0 bridgehead atoms. The van der Waals surface area contributed by atoms with Crippen molar-refractivity contribution < 1.29 is 14.9 Å². The molecular weight excluding hydrogens is 276 g/mol. The predicted octanol–water partition coefficient (Wildman–Crippen LogP) is 2.19. The molecule has 8 nitrogen and oxygen atoms in total. The molecule has 0 atom stereocenters. The van der Waals surface area contributed by atoms with Crippen LogP contribution in [0.15, 0.2) is 41.7 Å². The monoisotopic (exact) mass is 288 g/mol. The van der Waals surface area contributed by atoms with Gasteiger partial charge in [-0.15, -0.1) is 0 Å². The van der Waals surface area contributed by atoms with Crippen molar-refractivity contribution in [2.24, 2.45) is 10.9 Å². The third-order valence-corrected chi connectivity index (χ3v) is 2.74. The minimum Gasteiger partial charge on any atom is -0.439 e. The second-order valence-corrected chi connectivity index (χ2v) is 4.18. The molecule has 8 heteroatoms. The van der Waals surface area contributed by atoms with Crippen molar-refractivity contribution in [3.8, 4) is 11.6 Å². The summed E-state index contributed by atoms with van der Waals surface area (Å²) in [5.41, 5.74) is 6.52. The van der Waals surface area contributed by atoms with Crippen LogP contribution >= 0.6 is 0 Å². The SMILES string of the molecule is Cc1ccc([N+](=O)[O-])cc1Oc1ccc(/C(N)=N/O)cn1. The lowest BCUT2D eigenvalue weighted by atomic mass is 10.2. The van der Waals surface area contributed by atoms with Gasteiger partial charge in [0.1, 0.15) is 5.75 Å². The van der Waals surface area contributed by atoms with Crippen molar-refractivity contribution in [3.05, 3.63) is 57.8 Å². The molecule has 0 aliphatic heterocycles. The van der Waals surface area contributed by atoms with E-state index in [0.29, 0.717) is 11.3 Å². The molecule has 0 spiro atoms. The van der Waals surface area contributed by atoms with Crippen molar-refractivity contribution in [2.75, 3.05) is 0 Å². The van der Waals surface area contributed by atoms with Crippen LogP contribution in [0.2, 0.25) is 0 Å². The van der Waals surface area contributed by atoms with Gasteiger partial charge in [-0.2, -0.15) is 0 Å². The van der Waals surface area contributed by atoms with Gasteiger partial charge in [0.25, 0.3) is 5.69 Å². The lowest BCUT2D eigenvalue weighted by Crippen LogP contribution is -2.13. The Morgan fingerprint density at radius 3 is 2.76 bits per heavy atom. The largest absolute Gasteiger partial charge is 0.439 e. The number of amidine groups is 1. The lowest BCUT2D eigenvalue weighted by Gasteiger charge is -2.08. The van der Waals surface area contributed by atoms with Crippen molar-refractivity contribution in [1.82, 2.24) is 4.98 Å². The molecule has 1 aromatic heterocycles. The fourth-order valence-corrected chi connectivity index (χ4v) is 1.57. The first kappa shape index (κ1) is 14.3. The first-order chi connectivity index (χ1) is 10.0. The molecule has 21 heavy (non-hydrogen) atoms. The molecule has 1 heterocycles. The molecule has 0 saturated heterocycles. The molecule has 0 aliphatic carbocycles. The van der Waals surface area contributed by atoms with Gasteiger partial charge in [-0.1, -0.05) is 5.16 Å². The first-order valence-electron chi connectivity index (χ1n) is 5.88. The second kappa shape index (κ2) is 5.87. The Hall–Kier alpha value is -3.16. The standard InChI is InChI=1S/C13H12N4O4/c1-8-2-4-10(17(19)20)6-11(8)21-12-5-3-9(7-15-12)13(14)16-18/h2-7,18H,1H3,(H2,14,16). The van der Waals surface area contributed by atoms with Gasteiger partial charge in [0.15, 0.2) is 5.84 Å². The van der Waals surface area contributed by atoms with Gasteiger partial charge in [0, 0.05) is 23.9 Å². The number of aromatic nitrogens is 1. The van der Waals surface area contributed by atoms with Gasteiger partial charge >= 0.3 is 0 Å². The van der Waals surface area contributed by atoms with Gasteiger partial charge < -0.3 is 15.7 Å². The van der Waals surface area contributed by atoms with Crippen molar-refractivity contribution in [1.29, 1.82) is 0 Å². The van der Waals surface area contributed by atoms with Gasteiger partial charge in [0.05, 0.1) is 11.0 Å². The van der Waals surface area contributed by atoms with Crippen LogP contribution in [0.4, 0.5) is 5.69 Å². The van der Waals surface area contributed by atoms with Crippen LogP contribution < -0.4 is 10.5 Å². The third kappa shape index (κ3) is 3.24. The average molecular weight is 288 g/mol. The zero-order valence-electron chi connectivity index (χ0n) is 11.1. The number of nitro groups is 1. The first-order valence-corrected chi connectivity index (χ1v) is 5.88. The number of pyridine rings is 1. The average Bonchev–Trinajstić information content (AvgIpc) is 2.49. The quantitative estimate of drug-likeness (QED) is 0.292. The van der Waals surface area contributed by atoms with E-state index in [0.717, 1.165) is 5.56 Å². The number of oxime groups is 1. The summed E-state index contributed by atoms with van der Waals surface area (Å²) in [6, 6.07) is 7.40. The maximum absolute atomic E-state index is 10.8. The van der Waals surface area contributed by atoms with Gasteiger partial charge in [-0.25, -0.2) is 4.98 Å². The molecule has 2 aromatic rings. The number of ether oxygens (including phenoxy) is 1. The van der Waals surface area contributed by atoms with Crippen LogP contribution in [0, 0.1) is 17.0 Å². The number of rotatable bonds is 4. The van der Waals surface area contributed by atoms with Crippen molar-refractivity contribution in [2.45, 2.75) is 6.92 Å². The van der Waals surface area contributed by atoms with Gasteiger partial charge in [-0.3, -0.25) is 10.1 Å². The highest BCUT2D eigenvalue weighted by atomic mass is 16.6. The topological polar surface area (TPSA) is 124 Å². The van der Waals surface area contributed by atoms with Crippen LogP contribution in [0.25, 0.3) is 0 Å².